The Kier molecular flexibility index (Phi) is 7.69. The molecule has 5 nitrogen and oxygen atoms in total. The average molecular weight is 459 g/mol. The van der Waals surface area contributed by atoms with Crippen molar-refractivity contribution in [1.29, 1.82) is 0 Å². The quantitative estimate of drug-likeness (QED) is 0.641. The molecule has 1 atom stereocenters. The molecule has 1 fully saturated rings. The molecule has 0 heterocycles. The second-order valence-electron chi connectivity index (χ2n) is 7.42. The highest BCUT2D eigenvalue weighted by Gasteiger charge is 2.28. The van der Waals surface area contributed by atoms with E-state index in [1.54, 1.807) is 11.8 Å². The maximum absolute atomic E-state index is 13.0. The number of rotatable bonds is 8. The number of nitrogens with zero attached hydrogens (tertiary/aromatic N) is 1. The van der Waals surface area contributed by atoms with Gasteiger partial charge in [-0.2, -0.15) is 0 Å². The Morgan fingerprint density at radius 3 is 2.41 bits per heavy atom. The van der Waals surface area contributed by atoms with Gasteiger partial charge < -0.3 is 15.0 Å². The summed E-state index contributed by atoms with van der Waals surface area (Å²) in [5, 5.41) is 3.10. The van der Waals surface area contributed by atoms with Crippen LogP contribution in [-0.2, 0) is 16.1 Å². The minimum atomic E-state index is -0.578. The van der Waals surface area contributed by atoms with Gasteiger partial charge in [-0.15, -0.1) is 0 Å². The van der Waals surface area contributed by atoms with Crippen molar-refractivity contribution in [3.8, 4) is 5.75 Å². The first-order valence-corrected chi connectivity index (χ1v) is 10.8. The van der Waals surface area contributed by atoms with Gasteiger partial charge in [0.1, 0.15) is 11.8 Å². The summed E-state index contributed by atoms with van der Waals surface area (Å²) in [7, 11) is 0. The number of amides is 2. The number of hydrogen-bond donors (Lipinski definition) is 1. The molecule has 0 aromatic heterocycles. The van der Waals surface area contributed by atoms with Crippen LogP contribution in [0.3, 0.4) is 0 Å². The van der Waals surface area contributed by atoms with Crippen LogP contribution in [0.15, 0.2) is 59.1 Å². The Balaban J connectivity index is 1.69. The summed E-state index contributed by atoms with van der Waals surface area (Å²) < 4.78 is 6.61. The Morgan fingerprint density at radius 2 is 1.76 bits per heavy atom. The molecule has 2 aromatic carbocycles. The summed E-state index contributed by atoms with van der Waals surface area (Å²) in [6.07, 6.45) is 4.31. The molecule has 1 N–H and O–H groups in total. The maximum Gasteiger partial charge on any atom is 0.261 e. The second kappa shape index (κ2) is 10.4. The summed E-state index contributed by atoms with van der Waals surface area (Å²) in [4.78, 5) is 27.4. The van der Waals surface area contributed by atoms with Gasteiger partial charge in [0.25, 0.3) is 5.91 Å². The lowest BCUT2D eigenvalue weighted by atomic mass is 10.1. The SMILES string of the molecule is C[C@H](C(=O)NC1CCCC1)N(Cc1ccc(Br)cc1)C(=O)COc1ccccc1. The van der Waals surface area contributed by atoms with Crippen molar-refractivity contribution < 1.29 is 14.3 Å². The van der Waals surface area contributed by atoms with Crippen molar-refractivity contribution >= 4 is 27.7 Å². The molecule has 0 bridgehead atoms. The third-order valence-electron chi connectivity index (χ3n) is 5.24. The summed E-state index contributed by atoms with van der Waals surface area (Å²) in [5.74, 6) is 0.306. The Hall–Kier alpha value is -2.34. The molecule has 154 valence electrons. The molecule has 3 rings (SSSR count). The zero-order chi connectivity index (χ0) is 20.6. The third-order valence-corrected chi connectivity index (χ3v) is 5.77. The minimum absolute atomic E-state index is 0.109. The van der Waals surface area contributed by atoms with Crippen molar-refractivity contribution in [3.63, 3.8) is 0 Å². The van der Waals surface area contributed by atoms with Crippen LogP contribution >= 0.6 is 15.9 Å². The number of nitrogens with one attached hydrogen (secondary N) is 1. The van der Waals surface area contributed by atoms with E-state index in [-0.39, 0.29) is 24.5 Å². The first-order valence-electron chi connectivity index (χ1n) is 10.0. The Labute approximate surface area is 180 Å². The first kappa shape index (κ1) is 21.4. The molecular formula is C23H27BrN2O3. The lowest BCUT2D eigenvalue weighted by Gasteiger charge is -2.29. The molecule has 0 radical (unpaired) electrons. The number of ether oxygens (including phenoxy) is 1. The van der Waals surface area contributed by atoms with Crippen LogP contribution < -0.4 is 10.1 Å². The van der Waals surface area contributed by atoms with E-state index in [0.717, 1.165) is 35.7 Å². The van der Waals surface area contributed by atoms with E-state index in [2.05, 4.69) is 21.2 Å². The minimum Gasteiger partial charge on any atom is -0.484 e. The number of para-hydroxylation sites is 1. The fourth-order valence-electron chi connectivity index (χ4n) is 3.51. The van der Waals surface area contributed by atoms with Crippen LogP contribution in [0.1, 0.15) is 38.2 Å². The molecule has 1 aliphatic carbocycles. The number of halogens is 1. The molecular weight excluding hydrogens is 432 g/mol. The van der Waals surface area contributed by atoms with Crippen LogP contribution in [0.5, 0.6) is 5.75 Å². The van der Waals surface area contributed by atoms with Gasteiger partial charge in [-0.25, -0.2) is 0 Å². The molecule has 0 saturated heterocycles. The standard InChI is InChI=1S/C23H27BrN2O3/c1-17(23(28)25-20-7-5-6-8-20)26(15-18-11-13-19(24)14-12-18)22(27)16-29-21-9-3-2-4-10-21/h2-4,9-14,17,20H,5-8,15-16H2,1H3,(H,25,28)/t17-/m1/s1. The third kappa shape index (κ3) is 6.32. The Bertz CT molecular complexity index is 805. The van der Waals surface area contributed by atoms with Gasteiger partial charge in [0.15, 0.2) is 6.61 Å². The largest absolute Gasteiger partial charge is 0.484 e. The van der Waals surface area contributed by atoms with Crippen LogP contribution in [0.4, 0.5) is 0 Å². The van der Waals surface area contributed by atoms with Crippen molar-refractivity contribution in [2.75, 3.05) is 6.61 Å². The highest BCUT2D eigenvalue weighted by molar-refractivity contribution is 9.10. The fraction of sp³-hybridized carbons (Fsp3) is 0.391. The van der Waals surface area contributed by atoms with Crippen molar-refractivity contribution in [3.05, 3.63) is 64.6 Å². The lowest BCUT2D eigenvalue weighted by molar-refractivity contribution is -0.142. The van der Waals surface area contributed by atoms with E-state index in [0.29, 0.717) is 12.3 Å². The van der Waals surface area contributed by atoms with Crippen LogP contribution in [0, 0.1) is 0 Å². The fourth-order valence-corrected chi connectivity index (χ4v) is 3.77. The van der Waals surface area contributed by atoms with Crippen molar-refractivity contribution in [2.24, 2.45) is 0 Å². The van der Waals surface area contributed by atoms with Crippen molar-refractivity contribution in [1.82, 2.24) is 10.2 Å². The normalized spacial score (nSPS) is 15.0. The van der Waals surface area contributed by atoms with Gasteiger partial charge in [-0.05, 0) is 49.6 Å². The predicted octanol–water partition coefficient (Wildman–Crippen LogP) is 4.30. The highest BCUT2D eigenvalue weighted by Crippen LogP contribution is 2.19. The van der Waals surface area contributed by atoms with E-state index in [1.807, 2.05) is 54.6 Å². The van der Waals surface area contributed by atoms with Gasteiger partial charge in [0.05, 0.1) is 0 Å². The summed E-state index contributed by atoms with van der Waals surface area (Å²) >= 11 is 3.43. The highest BCUT2D eigenvalue weighted by atomic mass is 79.9. The van der Waals surface area contributed by atoms with Crippen LogP contribution in [0.25, 0.3) is 0 Å². The van der Waals surface area contributed by atoms with E-state index in [4.69, 9.17) is 4.74 Å². The molecule has 29 heavy (non-hydrogen) atoms. The summed E-state index contributed by atoms with van der Waals surface area (Å²) in [6, 6.07) is 16.6. The molecule has 0 unspecified atom stereocenters. The topological polar surface area (TPSA) is 58.6 Å². The monoisotopic (exact) mass is 458 g/mol. The zero-order valence-electron chi connectivity index (χ0n) is 16.6. The van der Waals surface area contributed by atoms with Gasteiger partial charge in [-0.3, -0.25) is 9.59 Å². The van der Waals surface area contributed by atoms with Crippen LogP contribution in [0.2, 0.25) is 0 Å². The number of carbonyl (C=O) groups excluding carboxylic acids is 2. The Morgan fingerprint density at radius 1 is 1.10 bits per heavy atom. The predicted molar refractivity (Wildman–Crippen MR) is 116 cm³/mol. The molecule has 0 spiro atoms. The number of benzene rings is 2. The second-order valence-corrected chi connectivity index (χ2v) is 8.33. The lowest BCUT2D eigenvalue weighted by Crippen LogP contribution is -2.50. The molecule has 6 heteroatoms. The van der Waals surface area contributed by atoms with Crippen LogP contribution in [-0.4, -0.2) is 35.4 Å². The molecule has 2 amide bonds. The maximum atomic E-state index is 13.0. The van der Waals surface area contributed by atoms with Gasteiger partial charge >= 0.3 is 0 Å². The van der Waals surface area contributed by atoms with Gasteiger partial charge in [0, 0.05) is 17.1 Å². The van der Waals surface area contributed by atoms with Gasteiger partial charge in [-0.1, -0.05) is 59.1 Å². The first-order chi connectivity index (χ1) is 14.0. The van der Waals surface area contributed by atoms with E-state index in [9.17, 15) is 9.59 Å². The van der Waals surface area contributed by atoms with E-state index >= 15 is 0 Å². The number of carbonyl (C=O) groups is 2. The number of hydrogen-bond acceptors (Lipinski definition) is 3. The molecule has 2 aromatic rings. The summed E-state index contributed by atoms with van der Waals surface area (Å²) in [5.41, 5.74) is 0.960. The zero-order valence-corrected chi connectivity index (χ0v) is 18.2. The van der Waals surface area contributed by atoms with Crippen molar-refractivity contribution in [2.45, 2.75) is 51.2 Å². The molecule has 1 aliphatic rings. The summed E-state index contributed by atoms with van der Waals surface area (Å²) in [6.45, 7) is 2.02. The van der Waals surface area contributed by atoms with Gasteiger partial charge in [0.2, 0.25) is 5.91 Å². The average Bonchev–Trinajstić information content (AvgIpc) is 3.25. The van der Waals surface area contributed by atoms with E-state index in [1.165, 1.54) is 0 Å². The molecule has 0 aliphatic heterocycles. The smallest absolute Gasteiger partial charge is 0.261 e. The van der Waals surface area contributed by atoms with E-state index < -0.39 is 6.04 Å². The molecule has 1 saturated carbocycles.